The molecule has 0 aliphatic heterocycles. The van der Waals surface area contributed by atoms with Crippen LogP contribution in [0.15, 0.2) is 23.2 Å². The number of likely N-dealkylation sites (N-methyl/N-ethyl adjacent to an activating group) is 1. The van der Waals surface area contributed by atoms with Gasteiger partial charge in [-0.25, -0.2) is 13.4 Å². The molecular formula is C10H17N3O2S. The molecule has 1 heterocycles. The number of pyridine rings is 1. The van der Waals surface area contributed by atoms with E-state index in [-0.39, 0.29) is 4.90 Å². The number of anilines is 1. The molecule has 0 amide bonds. The van der Waals surface area contributed by atoms with Gasteiger partial charge in [-0.05, 0) is 26.2 Å². The van der Waals surface area contributed by atoms with E-state index < -0.39 is 9.84 Å². The fraction of sp³-hybridized carbons (Fsp3) is 0.500. The Morgan fingerprint density at radius 1 is 1.44 bits per heavy atom. The van der Waals surface area contributed by atoms with E-state index in [0.29, 0.717) is 12.4 Å². The molecule has 0 aromatic carbocycles. The van der Waals surface area contributed by atoms with E-state index >= 15 is 0 Å². The summed E-state index contributed by atoms with van der Waals surface area (Å²) < 4.78 is 22.9. The molecule has 0 radical (unpaired) electrons. The van der Waals surface area contributed by atoms with Crippen molar-refractivity contribution >= 4 is 15.7 Å². The third kappa shape index (κ3) is 3.79. The summed E-state index contributed by atoms with van der Waals surface area (Å²) >= 11 is 0. The molecule has 1 N–H and O–H groups in total. The van der Waals surface area contributed by atoms with E-state index in [2.05, 4.69) is 10.3 Å². The minimum atomic E-state index is -3.22. The maximum atomic E-state index is 11.5. The van der Waals surface area contributed by atoms with Gasteiger partial charge in [0.15, 0.2) is 9.84 Å². The summed E-state index contributed by atoms with van der Waals surface area (Å²) in [6.07, 6.45) is 2.76. The first-order chi connectivity index (χ1) is 7.41. The molecule has 0 fully saturated rings. The lowest BCUT2D eigenvalue weighted by Gasteiger charge is -2.12. The van der Waals surface area contributed by atoms with Gasteiger partial charge in [0.2, 0.25) is 0 Å². The van der Waals surface area contributed by atoms with Gasteiger partial charge < -0.3 is 10.2 Å². The summed E-state index contributed by atoms with van der Waals surface area (Å²) in [5.74, 6) is 0.423. The van der Waals surface area contributed by atoms with Crippen molar-refractivity contribution in [3.05, 3.63) is 18.3 Å². The fourth-order valence-electron chi connectivity index (χ4n) is 1.22. The molecule has 0 spiro atoms. The Morgan fingerprint density at radius 3 is 2.69 bits per heavy atom. The third-order valence-corrected chi connectivity index (χ3v) is 3.15. The van der Waals surface area contributed by atoms with Gasteiger partial charge in [0, 0.05) is 25.5 Å². The van der Waals surface area contributed by atoms with Crippen LogP contribution in [-0.4, -0.2) is 51.7 Å². The molecule has 0 saturated heterocycles. The zero-order valence-corrected chi connectivity index (χ0v) is 10.6. The van der Waals surface area contributed by atoms with Gasteiger partial charge >= 0.3 is 0 Å². The van der Waals surface area contributed by atoms with Gasteiger partial charge in [0.05, 0.1) is 0 Å². The van der Waals surface area contributed by atoms with Gasteiger partial charge in [-0.2, -0.15) is 0 Å². The molecule has 0 aliphatic rings. The largest absolute Gasteiger partial charge is 0.368 e. The Kier molecular flexibility index (Phi) is 4.26. The van der Waals surface area contributed by atoms with Crippen molar-refractivity contribution in [3.63, 3.8) is 0 Å². The standard InChI is InChI=1S/C10H17N3O2S/c1-13(2)8-7-12-10-9(16(3,14)15)5-4-6-11-10/h4-6H,7-8H2,1-3H3,(H,11,12). The normalized spacial score (nSPS) is 11.8. The molecule has 90 valence electrons. The van der Waals surface area contributed by atoms with Gasteiger partial charge in [0.1, 0.15) is 10.7 Å². The first-order valence-electron chi connectivity index (χ1n) is 4.95. The Bertz CT molecular complexity index is 443. The van der Waals surface area contributed by atoms with E-state index in [1.165, 1.54) is 6.26 Å². The van der Waals surface area contributed by atoms with Crippen LogP contribution in [0, 0.1) is 0 Å². The Morgan fingerprint density at radius 2 is 2.12 bits per heavy atom. The van der Waals surface area contributed by atoms with E-state index in [4.69, 9.17) is 0 Å². The maximum Gasteiger partial charge on any atom is 0.179 e. The maximum absolute atomic E-state index is 11.5. The summed E-state index contributed by atoms with van der Waals surface area (Å²) in [6.45, 7) is 1.48. The van der Waals surface area contributed by atoms with E-state index in [9.17, 15) is 8.42 Å². The molecule has 1 rings (SSSR count). The van der Waals surface area contributed by atoms with Crippen LogP contribution in [0.3, 0.4) is 0 Å². The predicted molar refractivity (Wildman–Crippen MR) is 64.4 cm³/mol. The van der Waals surface area contributed by atoms with Crippen molar-refractivity contribution in [2.24, 2.45) is 0 Å². The van der Waals surface area contributed by atoms with Crippen molar-refractivity contribution in [1.29, 1.82) is 0 Å². The second kappa shape index (κ2) is 5.27. The van der Waals surface area contributed by atoms with Crippen LogP contribution in [0.4, 0.5) is 5.82 Å². The minimum absolute atomic E-state index is 0.244. The van der Waals surface area contributed by atoms with Crippen LogP contribution in [0.2, 0.25) is 0 Å². The molecule has 1 aromatic rings. The molecule has 1 aromatic heterocycles. The van der Waals surface area contributed by atoms with Crippen molar-refractivity contribution in [2.75, 3.05) is 38.8 Å². The van der Waals surface area contributed by atoms with E-state index in [1.54, 1.807) is 18.3 Å². The van der Waals surface area contributed by atoms with Crippen molar-refractivity contribution < 1.29 is 8.42 Å². The van der Waals surface area contributed by atoms with Gasteiger partial charge in [-0.15, -0.1) is 0 Å². The van der Waals surface area contributed by atoms with Crippen LogP contribution in [0.5, 0.6) is 0 Å². The Labute approximate surface area is 96.4 Å². The lowest BCUT2D eigenvalue weighted by molar-refractivity contribution is 0.425. The minimum Gasteiger partial charge on any atom is -0.368 e. The quantitative estimate of drug-likeness (QED) is 0.814. The van der Waals surface area contributed by atoms with Crippen LogP contribution in [0.1, 0.15) is 0 Å². The van der Waals surface area contributed by atoms with Crippen LogP contribution in [-0.2, 0) is 9.84 Å². The molecule has 0 atom stereocenters. The first kappa shape index (κ1) is 12.9. The molecule has 0 unspecified atom stereocenters. The highest BCUT2D eigenvalue weighted by molar-refractivity contribution is 7.90. The average molecular weight is 243 g/mol. The number of sulfone groups is 1. The van der Waals surface area contributed by atoms with E-state index in [1.807, 2.05) is 19.0 Å². The summed E-state index contributed by atoms with van der Waals surface area (Å²) in [4.78, 5) is 6.29. The molecule has 0 bridgehead atoms. The number of aromatic nitrogens is 1. The predicted octanol–water partition coefficient (Wildman–Crippen LogP) is 0.459. The second-order valence-electron chi connectivity index (χ2n) is 3.85. The first-order valence-corrected chi connectivity index (χ1v) is 6.84. The zero-order valence-electron chi connectivity index (χ0n) is 9.77. The Balaban J connectivity index is 2.80. The number of hydrogen-bond acceptors (Lipinski definition) is 5. The van der Waals surface area contributed by atoms with Crippen LogP contribution < -0.4 is 5.32 Å². The van der Waals surface area contributed by atoms with E-state index in [0.717, 1.165) is 6.54 Å². The van der Waals surface area contributed by atoms with Gasteiger partial charge in [-0.1, -0.05) is 0 Å². The highest BCUT2D eigenvalue weighted by Gasteiger charge is 2.13. The summed E-state index contributed by atoms with van der Waals surface area (Å²) in [5, 5.41) is 3.02. The smallest absolute Gasteiger partial charge is 0.179 e. The SMILES string of the molecule is CN(C)CCNc1ncccc1S(C)(=O)=O. The molecule has 0 saturated carbocycles. The summed E-state index contributed by atoms with van der Waals surface area (Å²) in [6, 6.07) is 3.17. The van der Waals surface area contributed by atoms with Gasteiger partial charge in [-0.3, -0.25) is 0 Å². The number of nitrogens with zero attached hydrogens (tertiary/aromatic N) is 2. The highest BCUT2D eigenvalue weighted by atomic mass is 32.2. The van der Waals surface area contributed by atoms with Crippen LogP contribution in [0.25, 0.3) is 0 Å². The molecular weight excluding hydrogens is 226 g/mol. The van der Waals surface area contributed by atoms with Gasteiger partial charge in [0.25, 0.3) is 0 Å². The van der Waals surface area contributed by atoms with Crippen molar-refractivity contribution in [1.82, 2.24) is 9.88 Å². The fourth-order valence-corrected chi connectivity index (χ4v) is 2.02. The molecule has 5 nitrogen and oxygen atoms in total. The average Bonchev–Trinajstić information content (AvgIpc) is 2.16. The van der Waals surface area contributed by atoms with Crippen LogP contribution >= 0.6 is 0 Å². The summed E-state index contributed by atoms with van der Waals surface area (Å²) in [5.41, 5.74) is 0. The number of hydrogen-bond donors (Lipinski definition) is 1. The van der Waals surface area contributed by atoms with Crippen molar-refractivity contribution in [3.8, 4) is 0 Å². The monoisotopic (exact) mass is 243 g/mol. The molecule has 16 heavy (non-hydrogen) atoms. The Hall–Kier alpha value is -1.14. The zero-order chi connectivity index (χ0) is 12.2. The summed E-state index contributed by atoms with van der Waals surface area (Å²) in [7, 11) is 0.689. The second-order valence-corrected chi connectivity index (χ2v) is 5.84. The van der Waals surface area contributed by atoms with Crippen molar-refractivity contribution in [2.45, 2.75) is 4.90 Å². The topological polar surface area (TPSA) is 62.3 Å². The highest BCUT2D eigenvalue weighted by Crippen LogP contribution is 2.17. The lowest BCUT2D eigenvalue weighted by atomic mass is 10.4. The number of rotatable bonds is 5. The third-order valence-electron chi connectivity index (χ3n) is 2.02. The number of nitrogens with one attached hydrogen (secondary N) is 1. The molecule has 0 aliphatic carbocycles. The lowest BCUT2D eigenvalue weighted by Crippen LogP contribution is -2.21. The molecule has 6 heteroatoms.